The largest absolute Gasteiger partial charge is 0.216 e. The molecule has 0 spiro atoms. The van der Waals surface area contributed by atoms with Gasteiger partial charge in [-0.15, -0.1) is 0 Å². The molecule has 0 aromatic rings. The predicted molar refractivity (Wildman–Crippen MR) is 56.5 cm³/mol. The smallest absolute Gasteiger partial charge is 0.212 e. The molecule has 0 bridgehead atoms. The van der Waals surface area contributed by atoms with E-state index in [0.717, 1.165) is 32.4 Å². The summed E-state index contributed by atoms with van der Waals surface area (Å²) >= 11 is 0. The van der Waals surface area contributed by atoms with E-state index in [1.165, 1.54) is 0 Å². The topological polar surface area (TPSA) is 37.4 Å². The lowest BCUT2D eigenvalue weighted by Gasteiger charge is -2.17. The first-order valence-electron chi connectivity index (χ1n) is 5.51. The summed E-state index contributed by atoms with van der Waals surface area (Å²) in [7, 11) is -2.90. The van der Waals surface area contributed by atoms with Gasteiger partial charge in [0.25, 0.3) is 0 Å². The lowest BCUT2D eigenvalue weighted by atomic mass is 9.96. The Morgan fingerprint density at radius 2 is 1.86 bits per heavy atom. The maximum Gasteiger partial charge on any atom is 0.216 e. The van der Waals surface area contributed by atoms with Crippen LogP contribution in [0, 0.1) is 11.8 Å². The molecule has 14 heavy (non-hydrogen) atoms. The van der Waals surface area contributed by atoms with Gasteiger partial charge in [-0.25, -0.2) is 12.7 Å². The first-order chi connectivity index (χ1) is 6.51. The minimum atomic E-state index is -2.90. The lowest BCUT2D eigenvalue weighted by molar-refractivity contribution is 0.388. The Bertz CT molecular complexity index is 306. The van der Waals surface area contributed by atoms with Crippen LogP contribution in [0.5, 0.6) is 0 Å². The zero-order valence-corrected chi connectivity index (χ0v) is 9.76. The van der Waals surface area contributed by atoms with Gasteiger partial charge in [-0.3, -0.25) is 0 Å². The van der Waals surface area contributed by atoms with E-state index in [1.54, 1.807) is 4.31 Å². The maximum atomic E-state index is 11.9. The zero-order valence-electron chi connectivity index (χ0n) is 8.94. The van der Waals surface area contributed by atoms with Crippen LogP contribution in [0.25, 0.3) is 0 Å². The molecule has 0 radical (unpaired) electrons. The predicted octanol–water partition coefficient (Wildman–Crippen LogP) is 1.46. The summed E-state index contributed by atoms with van der Waals surface area (Å²) in [6, 6.07) is 0. The Morgan fingerprint density at radius 1 is 1.21 bits per heavy atom. The van der Waals surface area contributed by atoms with Crippen molar-refractivity contribution in [2.45, 2.75) is 38.4 Å². The van der Waals surface area contributed by atoms with Gasteiger partial charge in [-0.05, 0) is 31.1 Å². The van der Waals surface area contributed by atoms with Crippen molar-refractivity contribution >= 4 is 10.0 Å². The summed E-state index contributed by atoms with van der Waals surface area (Å²) in [6.07, 6.45) is 2.81. The third-order valence-electron chi connectivity index (χ3n) is 3.44. The Morgan fingerprint density at radius 3 is 2.29 bits per heavy atom. The van der Waals surface area contributed by atoms with Crippen LogP contribution >= 0.6 is 0 Å². The summed E-state index contributed by atoms with van der Waals surface area (Å²) in [5.41, 5.74) is 0. The molecule has 1 saturated heterocycles. The summed E-state index contributed by atoms with van der Waals surface area (Å²) in [4.78, 5) is 0. The fourth-order valence-electron chi connectivity index (χ4n) is 2.11. The standard InChI is InChI=1S/C10H19NO2S/c1-8(2)9-5-6-11(7-9)14(12,13)10-3-4-10/h8-10H,3-7H2,1-2H3. The average molecular weight is 217 g/mol. The molecule has 0 N–H and O–H groups in total. The molecule has 1 atom stereocenters. The molecule has 2 aliphatic rings. The number of sulfonamides is 1. The van der Waals surface area contributed by atoms with Gasteiger partial charge in [0.15, 0.2) is 0 Å². The molecule has 0 aromatic heterocycles. The molecule has 1 saturated carbocycles. The van der Waals surface area contributed by atoms with Gasteiger partial charge < -0.3 is 0 Å². The second-order valence-electron chi connectivity index (χ2n) is 4.90. The van der Waals surface area contributed by atoms with Crippen LogP contribution in [-0.4, -0.2) is 31.1 Å². The maximum absolute atomic E-state index is 11.9. The molecule has 2 fully saturated rings. The van der Waals surface area contributed by atoms with Crippen LogP contribution in [0.2, 0.25) is 0 Å². The molecule has 3 nitrogen and oxygen atoms in total. The molecule has 1 aliphatic carbocycles. The molecule has 2 rings (SSSR count). The van der Waals surface area contributed by atoms with Crippen LogP contribution < -0.4 is 0 Å². The van der Waals surface area contributed by atoms with E-state index in [4.69, 9.17) is 0 Å². The molecular weight excluding hydrogens is 198 g/mol. The van der Waals surface area contributed by atoms with Crippen LogP contribution in [0.15, 0.2) is 0 Å². The summed E-state index contributed by atoms with van der Waals surface area (Å²) < 4.78 is 25.5. The molecule has 4 heteroatoms. The van der Waals surface area contributed by atoms with Gasteiger partial charge in [0.1, 0.15) is 0 Å². The van der Waals surface area contributed by atoms with Crippen molar-refractivity contribution in [3.05, 3.63) is 0 Å². The van der Waals surface area contributed by atoms with Gasteiger partial charge >= 0.3 is 0 Å². The molecule has 1 aliphatic heterocycles. The quantitative estimate of drug-likeness (QED) is 0.717. The summed E-state index contributed by atoms with van der Waals surface area (Å²) in [5, 5.41) is -0.0339. The van der Waals surface area contributed by atoms with Gasteiger partial charge in [0.05, 0.1) is 5.25 Å². The van der Waals surface area contributed by atoms with Crippen molar-refractivity contribution < 1.29 is 8.42 Å². The highest BCUT2D eigenvalue weighted by atomic mass is 32.2. The van der Waals surface area contributed by atoms with Crippen LogP contribution in [0.3, 0.4) is 0 Å². The third kappa shape index (κ3) is 1.82. The second-order valence-corrected chi connectivity index (χ2v) is 7.11. The fourth-order valence-corrected chi connectivity index (χ4v) is 4.02. The highest BCUT2D eigenvalue weighted by molar-refractivity contribution is 7.90. The van der Waals surface area contributed by atoms with E-state index < -0.39 is 10.0 Å². The summed E-state index contributed by atoms with van der Waals surface area (Å²) in [5.74, 6) is 1.18. The van der Waals surface area contributed by atoms with Crippen LogP contribution in [0.1, 0.15) is 33.1 Å². The van der Waals surface area contributed by atoms with Crippen molar-refractivity contribution in [3.8, 4) is 0 Å². The molecule has 1 unspecified atom stereocenters. The van der Waals surface area contributed by atoms with Crippen molar-refractivity contribution in [2.75, 3.05) is 13.1 Å². The third-order valence-corrected chi connectivity index (χ3v) is 5.80. The van der Waals surface area contributed by atoms with Crippen molar-refractivity contribution in [1.29, 1.82) is 0 Å². The Balaban J connectivity index is 2.01. The number of hydrogen-bond donors (Lipinski definition) is 0. The average Bonchev–Trinajstić information content (AvgIpc) is 2.82. The van der Waals surface area contributed by atoms with E-state index in [-0.39, 0.29) is 5.25 Å². The molecule has 82 valence electrons. The van der Waals surface area contributed by atoms with Crippen molar-refractivity contribution in [2.24, 2.45) is 11.8 Å². The highest BCUT2D eigenvalue weighted by Gasteiger charge is 2.42. The van der Waals surface area contributed by atoms with Crippen molar-refractivity contribution in [1.82, 2.24) is 4.31 Å². The van der Waals surface area contributed by atoms with E-state index in [1.807, 2.05) is 0 Å². The first-order valence-corrected chi connectivity index (χ1v) is 7.01. The zero-order chi connectivity index (χ0) is 10.3. The summed E-state index contributed by atoms with van der Waals surface area (Å²) in [6.45, 7) is 5.87. The van der Waals surface area contributed by atoms with Crippen molar-refractivity contribution in [3.63, 3.8) is 0 Å². The lowest BCUT2D eigenvalue weighted by Crippen LogP contribution is -2.32. The molecule has 0 amide bonds. The van der Waals surface area contributed by atoms with Gasteiger partial charge in [-0.1, -0.05) is 13.8 Å². The van der Waals surface area contributed by atoms with E-state index in [0.29, 0.717) is 11.8 Å². The molecular formula is C10H19NO2S. The second kappa shape index (κ2) is 3.49. The number of hydrogen-bond acceptors (Lipinski definition) is 2. The normalized spacial score (nSPS) is 30.1. The van der Waals surface area contributed by atoms with Gasteiger partial charge in [0, 0.05) is 13.1 Å². The Kier molecular flexibility index (Phi) is 2.60. The number of nitrogens with zero attached hydrogens (tertiary/aromatic N) is 1. The minimum absolute atomic E-state index is 0.0339. The Hall–Kier alpha value is -0.0900. The highest BCUT2D eigenvalue weighted by Crippen LogP contribution is 2.34. The van der Waals surface area contributed by atoms with Gasteiger partial charge in [-0.2, -0.15) is 0 Å². The molecule has 0 aromatic carbocycles. The monoisotopic (exact) mass is 217 g/mol. The SMILES string of the molecule is CC(C)C1CCN(S(=O)(=O)C2CC2)C1. The minimum Gasteiger partial charge on any atom is -0.212 e. The number of rotatable bonds is 3. The molecule has 1 heterocycles. The van der Waals surface area contributed by atoms with E-state index in [9.17, 15) is 8.42 Å². The van der Waals surface area contributed by atoms with Crippen LogP contribution in [-0.2, 0) is 10.0 Å². The van der Waals surface area contributed by atoms with Crippen LogP contribution in [0.4, 0.5) is 0 Å². The fraction of sp³-hybridized carbons (Fsp3) is 1.00. The van der Waals surface area contributed by atoms with E-state index >= 15 is 0 Å². The van der Waals surface area contributed by atoms with E-state index in [2.05, 4.69) is 13.8 Å². The first kappa shape index (κ1) is 10.4. The van der Waals surface area contributed by atoms with Gasteiger partial charge in [0.2, 0.25) is 10.0 Å². The Labute approximate surface area is 86.5 Å².